The summed E-state index contributed by atoms with van der Waals surface area (Å²) in [4.78, 5) is 31.2. The molecule has 0 unspecified atom stereocenters. The molecular weight excluding hydrogens is 160 g/mol. The molecular formula is C7H12N2O3. The van der Waals surface area contributed by atoms with E-state index in [2.05, 4.69) is 10.6 Å². The molecule has 0 aromatic rings. The Hall–Kier alpha value is -1.39. The quantitative estimate of drug-likeness (QED) is 0.524. The van der Waals surface area contributed by atoms with Crippen LogP contribution in [-0.4, -0.2) is 30.7 Å². The van der Waals surface area contributed by atoms with E-state index in [4.69, 9.17) is 0 Å². The van der Waals surface area contributed by atoms with Gasteiger partial charge >= 0.3 is 0 Å². The molecule has 68 valence electrons. The van der Waals surface area contributed by atoms with Crippen LogP contribution in [-0.2, 0) is 14.4 Å². The predicted molar refractivity (Wildman–Crippen MR) is 42.4 cm³/mol. The van der Waals surface area contributed by atoms with Gasteiger partial charge in [-0.25, -0.2) is 0 Å². The van der Waals surface area contributed by atoms with Crippen LogP contribution in [0.2, 0.25) is 0 Å². The molecule has 5 nitrogen and oxygen atoms in total. The molecule has 2 N–H and O–H groups in total. The van der Waals surface area contributed by atoms with Crippen LogP contribution >= 0.6 is 0 Å². The molecule has 0 radical (unpaired) electrons. The zero-order valence-corrected chi connectivity index (χ0v) is 7.09. The Balaban J connectivity index is 3.75. The van der Waals surface area contributed by atoms with Gasteiger partial charge in [-0.3, -0.25) is 9.59 Å². The Morgan fingerprint density at radius 1 is 1.33 bits per heavy atom. The van der Waals surface area contributed by atoms with Crippen molar-refractivity contribution in [3.8, 4) is 0 Å². The summed E-state index contributed by atoms with van der Waals surface area (Å²) in [6.45, 7) is 2.79. The number of amides is 2. The lowest BCUT2D eigenvalue weighted by atomic mass is 10.3. The van der Waals surface area contributed by atoms with Crippen molar-refractivity contribution in [3.63, 3.8) is 0 Å². The largest absolute Gasteiger partial charge is 0.354 e. The molecule has 0 aromatic carbocycles. The molecule has 0 spiro atoms. The van der Waals surface area contributed by atoms with Crippen molar-refractivity contribution in [2.75, 3.05) is 6.54 Å². The number of hydrogen-bond donors (Lipinski definition) is 2. The van der Waals surface area contributed by atoms with Crippen molar-refractivity contribution < 1.29 is 14.4 Å². The summed E-state index contributed by atoms with van der Waals surface area (Å²) in [6, 6.07) is -0.633. The molecule has 0 fully saturated rings. The normalized spacial score (nSPS) is 11.5. The second-order valence-corrected chi connectivity index (χ2v) is 2.38. The first-order chi connectivity index (χ1) is 5.56. The van der Waals surface area contributed by atoms with E-state index in [9.17, 15) is 14.4 Å². The number of nitrogens with one attached hydrogen (secondary N) is 2. The van der Waals surface area contributed by atoms with E-state index in [-0.39, 0.29) is 18.4 Å². The summed E-state index contributed by atoms with van der Waals surface area (Å²) in [7, 11) is 0. The zero-order valence-electron chi connectivity index (χ0n) is 7.09. The fraction of sp³-hybridized carbons (Fsp3) is 0.571. The van der Waals surface area contributed by atoms with Gasteiger partial charge in [-0.15, -0.1) is 0 Å². The SMILES string of the molecule is CC(=O)NC[C@@H](C=O)NC(C)=O. The summed E-state index contributed by atoms with van der Waals surface area (Å²) in [5.74, 6) is -0.523. The fourth-order valence-corrected chi connectivity index (χ4v) is 0.648. The number of carbonyl (C=O) groups excluding carboxylic acids is 3. The summed E-state index contributed by atoms with van der Waals surface area (Å²) in [5.41, 5.74) is 0. The number of hydrogen-bond acceptors (Lipinski definition) is 3. The van der Waals surface area contributed by atoms with Gasteiger partial charge in [0.1, 0.15) is 12.3 Å². The minimum absolute atomic E-state index is 0.137. The predicted octanol–water partition coefficient (Wildman–Crippen LogP) is -1.17. The van der Waals surface area contributed by atoms with Crippen molar-refractivity contribution >= 4 is 18.1 Å². The summed E-state index contributed by atoms with van der Waals surface area (Å²) < 4.78 is 0. The topological polar surface area (TPSA) is 75.3 Å². The lowest BCUT2D eigenvalue weighted by Crippen LogP contribution is -2.43. The molecule has 5 heteroatoms. The van der Waals surface area contributed by atoms with Gasteiger partial charge in [0.05, 0.1) is 0 Å². The Morgan fingerprint density at radius 3 is 2.25 bits per heavy atom. The third-order valence-corrected chi connectivity index (χ3v) is 1.12. The van der Waals surface area contributed by atoms with Crippen LogP contribution in [0, 0.1) is 0 Å². The van der Waals surface area contributed by atoms with Gasteiger partial charge in [-0.1, -0.05) is 0 Å². The smallest absolute Gasteiger partial charge is 0.217 e. The van der Waals surface area contributed by atoms with Gasteiger partial charge in [-0.2, -0.15) is 0 Å². The molecule has 0 aliphatic rings. The molecule has 0 aliphatic heterocycles. The summed E-state index contributed by atoms with van der Waals surface area (Å²) >= 11 is 0. The van der Waals surface area contributed by atoms with Gasteiger partial charge in [0, 0.05) is 20.4 Å². The minimum atomic E-state index is -0.633. The summed E-state index contributed by atoms with van der Waals surface area (Å²) in [5, 5.41) is 4.78. The monoisotopic (exact) mass is 172 g/mol. The maximum Gasteiger partial charge on any atom is 0.217 e. The Labute approximate surface area is 70.5 Å². The van der Waals surface area contributed by atoms with Crippen LogP contribution in [0.1, 0.15) is 13.8 Å². The Kier molecular flexibility index (Phi) is 4.67. The first kappa shape index (κ1) is 10.6. The van der Waals surface area contributed by atoms with Crippen molar-refractivity contribution in [3.05, 3.63) is 0 Å². The highest BCUT2D eigenvalue weighted by Gasteiger charge is 2.07. The summed E-state index contributed by atoms with van der Waals surface area (Å²) in [6.07, 6.45) is 0.581. The Morgan fingerprint density at radius 2 is 1.92 bits per heavy atom. The molecule has 0 aromatic heterocycles. The molecule has 0 saturated heterocycles. The molecule has 0 aliphatic carbocycles. The van der Waals surface area contributed by atoms with Crippen LogP contribution in [0.4, 0.5) is 0 Å². The van der Waals surface area contributed by atoms with Crippen molar-refractivity contribution in [1.82, 2.24) is 10.6 Å². The third kappa shape index (κ3) is 5.40. The lowest BCUT2D eigenvalue weighted by Gasteiger charge is -2.10. The third-order valence-electron chi connectivity index (χ3n) is 1.12. The number of aldehydes is 1. The Bertz CT molecular complexity index is 191. The molecule has 0 rings (SSSR count). The maximum atomic E-state index is 10.5. The van der Waals surface area contributed by atoms with E-state index >= 15 is 0 Å². The second-order valence-electron chi connectivity index (χ2n) is 2.38. The van der Waals surface area contributed by atoms with Crippen LogP contribution in [0.25, 0.3) is 0 Å². The molecule has 0 bridgehead atoms. The molecule has 0 heterocycles. The minimum Gasteiger partial charge on any atom is -0.354 e. The van der Waals surface area contributed by atoms with Gasteiger partial charge in [0.2, 0.25) is 11.8 Å². The zero-order chi connectivity index (χ0) is 9.56. The number of rotatable bonds is 4. The molecule has 1 atom stereocenters. The highest BCUT2D eigenvalue weighted by molar-refractivity contribution is 5.78. The molecule has 0 saturated carbocycles. The van der Waals surface area contributed by atoms with Gasteiger partial charge in [0.15, 0.2) is 0 Å². The maximum absolute atomic E-state index is 10.5. The number of carbonyl (C=O) groups is 3. The van der Waals surface area contributed by atoms with Crippen molar-refractivity contribution in [1.29, 1.82) is 0 Å². The van der Waals surface area contributed by atoms with Crippen LogP contribution in [0.15, 0.2) is 0 Å². The van der Waals surface area contributed by atoms with E-state index in [1.54, 1.807) is 0 Å². The standard InChI is InChI=1S/C7H12N2O3/c1-5(11)8-3-7(4-10)9-6(2)12/h4,7H,3H2,1-2H3,(H,8,11)(H,9,12)/t7-/m0/s1. The fourth-order valence-electron chi connectivity index (χ4n) is 0.648. The average Bonchev–Trinajstić information content (AvgIpc) is 1.97. The highest BCUT2D eigenvalue weighted by atomic mass is 16.2. The van der Waals surface area contributed by atoms with Crippen LogP contribution in [0.3, 0.4) is 0 Å². The first-order valence-corrected chi connectivity index (χ1v) is 3.53. The van der Waals surface area contributed by atoms with E-state index in [0.29, 0.717) is 6.29 Å². The van der Waals surface area contributed by atoms with Crippen molar-refractivity contribution in [2.45, 2.75) is 19.9 Å². The van der Waals surface area contributed by atoms with Gasteiger partial charge < -0.3 is 15.4 Å². The average molecular weight is 172 g/mol. The first-order valence-electron chi connectivity index (χ1n) is 3.53. The van der Waals surface area contributed by atoms with Gasteiger partial charge in [-0.05, 0) is 0 Å². The molecule has 2 amide bonds. The van der Waals surface area contributed by atoms with Crippen LogP contribution < -0.4 is 10.6 Å². The van der Waals surface area contributed by atoms with Crippen molar-refractivity contribution in [2.24, 2.45) is 0 Å². The van der Waals surface area contributed by atoms with Crippen LogP contribution in [0.5, 0.6) is 0 Å². The van der Waals surface area contributed by atoms with E-state index < -0.39 is 6.04 Å². The van der Waals surface area contributed by atoms with E-state index in [0.717, 1.165) is 0 Å². The van der Waals surface area contributed by atoms with E-state index in [1.165, 1.54) is 13.8 Å². The highest BCUT2D eigenvalue weighted by Crippen LogP contribution is 1.76. The van der Waals surface area contributed by atoms with Gasteiger partial charge in [0.25, 0.3) is 0 Å². The van der Waals surface area contributed by atoms with E-state index in [1.807, 2.05) is 0 Å². The lowest BCUT2D eigenvalue weighted by molar-refractivity contribution is -0.123. The molecule has 12 heavy (non-hydrogen) atoms. The second kappa shape index (κ2) is 5.29.